The molecule has 1 fully saturated rings. The van der Waals surface area contributed by atoms with Crippen LogP contribution in [0.15, 0.2) is 24.4 Å². The molecule has 0 saturated carbocycles. The Morgan fingerprint density at radius 3 is 3.10 bits per heavy atom. The summed E-state index contributed by atoms with van der Waals surface area (Å²) in [6.07, 6.45) is 8.01. The maximum Gasteiger partial charge on any atom is 0.241 e. The van der Waals surface area contributed by atoms with Gasteiger partial charge >= 0.3 is 0 Å². The number of nitrogens with one attached hydrogen (secondary N) is 1. The molecule has 1 aromatic carbocycles. The Labute approximate surface area is 173 Å². The highest BCUT2D eigenvalue weighted by Crippen LogP contribution is 2.37. The molecule has 3 heterocycles. The minimum Gasteiger partial charge on any atom is -0.488 e. The lowest BCUT2D eigenvalue weighted by molar-refractivity contribution is -0.121. The number of aryl methyl sites for hydroxylation is 1. The number of piperidine rings is 1. The molecule has 29 heavy (non-hydrogen) atoms. The van der Waals surface area contributed by atoms with Crippen LogP contribution < -0.4 is 10.1 Å². The molecule has 4 rings (SSSR count). The Morgan fingerprint density at radius 2 is 2.24 bits per heavy atom. The zero-order valence-electron chi connectivity index (χ0n) is 17.6. The number of aromatic nitrogens is 2. The monoisotopic (exact) mass is 396 g/mol. The molecule has 2 aromatic rings. The van der Waals surface area contributed by atoms with Gasteiger partial charge in [0.05, 0.1) is 11.9 Å². The normalized spacial score (nSPS) is 18.6. The number of carbonyl (C=O) groups excluding carboxylic acids is 1. The maximum absolute atomic E-state index is 12.5. The first-order chi connectivity index (χ1) is 14.2. The van der Waals surface area contributed by atoms with Crippen LogP contribution in [-0.4, -0.2) is 46.3 Å². The highest BCUT2D eigenvalue weighted by atomic mass is 16.5. The summed E-state index contributed by atoms with van der Waals surface area (Å²) in [4.78, 5) is 15.1. The molecule has 1 unspecified atom stereocenters. The molecule has 1 amide bonds. The number of benzene rings is 1. The van der Waals surface area contributed by atoms with Crippen molar-refractivity contribution in [3.63, 3.8) is 0 Å². The minimum atomic E-state index is 0.0160. The van der Waals surface area contributed by atoms with Gasteiger partial charge in [-0.15, -0.1) is 0 Å². The molecular weight excluding hydrogens is 364 g/mol. The van der Waals surface area contributed by atoms with E-state index in [-0.39, 0.29) is 12.5 Å². The average molecular weight is 397 g/mol. The third kappa shape index (κ3) is 4.47. The van der Waals surface area contributed by atoms with E-state index in [1.165, 1.54) is 37.8 Å². The molecule has 6 heteroatoms. The third-order valence-electron chi connectivity index (χ3n) is 6.15. The van der Waals surface area contributed by atoms with Crippen molar-refractivity contribution in [2.24, 2.45) is 0 Å². The molecule has 0 bridgehead atoms. The Kier molecular flexibility index (Phi) is 6.19. The van der Waals surface area contributed by atoms with Crippen molar-refractivity contribution in [3.8, 4) is 17.0 Å². The predicted molar refractivity (Wildman–Crippen MR) is 114 cm³/mol. The smallest absolute Gasteiger partial charge is 0.241 e. The number of fused-ring (bicyclic) bond motifs is 3. The fourth-order valence-electron chi connectivity index (χ4n) is 4.59. The lowest BCUT2D eigenvalue weighted by Crippen LogP contribution is -2.40. The Bertz CT molecular complexity index is 861. The topological polar surface area (TPSA) is 59.4 Å². The van der Waals surface area contributed by atoms with E-state index in [1.807, 2.05) is 23.0 Å². The first kappa shape index (κ1) is 20.0. The molecule has 6 nitrogen and oxygen atoms in total. The SMILES string of the molecule is CCC1CCCCN1CCCNC(=O)Cn1ncc2c1-c1cc(C)ccc1OC2. The van der Waals surface area contributed by atoms with Crippen molar-refractivity contribution in [2.75, 3.05) is 19.6 Å². The summed E-state index contributed by atoms with van der Waals surface area (Å²) in [5.74, 6) is 0.875. The van der Waals surface area contributed by atoms with Crippen LogP contribution in [0.25, 0.3) is 11.3 Å². The number of hydrogen-bond donors (Lipinski definition) is 1. The van der Waals surface area contributed by atoms with E-state index in [1.54, 1.807) is 0 Å². The average Bonchev–Trinajstić information content (AvgIpc) is 3.14. The van der Waals surface area contributed by atoms with Crippen LogP contribution in [-0.2, 0) is 17.9 Å². The summed E-state index contributed by atoms with van der Waals surface area (Å²) in [5.41, 5.74) is 4.23. The fraction of sp³-hybridized carbons (Fsp3) is 0.565. The largest absolute Gasteiger partial charge is 0.488 e. The molecule has 1 saturated heterocycles. The number of likely N-dealkylation sites (tertiary alicyclic amines) is 1. The first-order valence-corrected chi connectivity index (χ1v) is 10.9. The summed E-state index contributed by atoms with van der Waals surface area (Å²) in [6.45, 7) is 8.07. The van der Waals surface area contributed by atoms with Crippen molar-refractivity contribution in [1.29, 1.82) is 0 Å². The quantitative estimate of drug-likeness (QED) is 0.728. The van der Waals surface area contributed by atoms with Crippen molar-refractivity contribution in [2.45, 2.75) is 65.1 Å². The van der Waals surface area contributed by atoms with Gasteiger partial charge in [-0.3, -0.25) is 9.48 Å². The Morgan fingerprint density at radius 1 is 1.34 bits per heavy atom. The van der Waals surface area contributed by atoms with Crippen molar-refractivity contribution < 1.29 is 9.53 Å². The van der Waals surface area contributed by atoms with Crippen molar-refractivity contribution in [3.05, 3.63) is 35.5 Å². The third-order valence-corrected chi connectivity index (χ3v) is 6.15. The molecule has 1 N–H and O–H groups in total. The summed E-state index contributed by atoms with van der Waals surface area (Å²) < 4.78 is 7.63. The van der Waals surface area contributed by atoms with Gasteiger partial charge in [-0.1, -0.05) is 25.0 Å². The van der Waals surface area contributed by atoms with Crippen LogP contribution in [0.5, 0.6) is 5.75 Å². The van der Waals surface area contributed by atoms with Gasteiger partial charge in [-0.25, -0.2) is 0 Å². The van der Waals surface area contributed by atoms with Gasteiger partial charge in [0, 0.05) is 30.3 Å². The zero-order chi connectivity index (χ0) is 20.2. The summed E-state index contributed by atoms with van der Waals surface area (Å²) in [6, 6.07) is 6.87. The standard InChI is InChI=1S/C23H32N4O2/c1-3-19-7-4-5-11-26(19)12-6-10-24-22(28)15-27-23-18(14-25-27)16-29-21-9-8-17(2)13-20(21)23/h8-9,13-14,19H,3-7,10-12,15-16H2,1-2H3,(H,24,28). The molecule has 2 aliphatic rings. The lowest BCUT2D eigenvalue weighted by atomic mass is 10.00. The van der Waals surface area contributed by atoms with E-state index in [4.69, 9.17) is 4.74 Å². The van der Waals surface area contributed by atoms with Crippen LogP contribution >= 0.6 is 0 Å². The Hall–Kier alpha value is -2.34. The van der Waals surface area contributed by atoms with Gasteiger partial charge in [-0.2, -0.15) is 5.10 Å². The van der Waals surface area contributed by atoms with E-state index < -0.39 is 0 Å². The summed E-state index contributed by atoms with van der Waals surface area (Å²) in [7, 11) is 0. The fourth-order valence-corrected chi connectivity index (χ4v) is 4.59. The van der Waals surface area contributed by atoms with E-state index in [0.29, 0.717) is 13.2 Å². The second-order valence-electron chi connectivity index (χ2n) is 8.26. The van der Waals surface area contributed by atoms with Gasteiger partial charge in [0.25, 0.3) is 0 Å². The van der Waals surface area contributed by atoms with Gasteiger partial charge in [-0.05, 0) is 51.3 Å². The van der Waals surface area contributed by atoms with E-state index in [9.17, 15) is 4.79 Å². The second kappa shape index (κ2) is 8.99. The number of hydrogen-bond acceptors (Lipinski definition) is 4. The molecule has 2 aliphatic heterocycles. The number of rotatable bonds is 7. The molecule has 0 spiro atoms. The molecule has 0 radical (unpaired) electrons. The van der Waals surface area contributed by atoms with Gasteiger partial charge in [0.15, 0.2) is 0 Å². The molecule has 0 aliphatic carbocycles. The van der Waals surface area contributed by atoms with E-state index >= 15 is 0 Å². The number of carbonyl (C=O) groups is 1. The predicted octanol–water partition coefficient (Wildman–Crippen LogP) is 3.52. The van der Waals surface area contributed by atoms with Crippen LogP contribution in [0.3, 0.4) is 0 Å². The van der Waals surface area contributed by atoms with Gasteiger partial charge < -0.3 is 15.0 Å². The Balaban J connectivity index is 1.32. The molecule has 1 atom stereocenters. The van der Waals surface area contributed by atoms with Gasteiger partial charge in [0.1, 0.15) is 18.9 Å². The number of amides is 1. The number of ether oxygens (including phenoxy) is 1. The molecular formula is C23H32N4O2. The van der Waals surface area contributed by atoms with Crippen LogP contribution in [0.4, 0.5) is 0 Å². The maximum atomic E-state index is 12.5. The van der Waals surface area contributed by atoms with Crippen molar-refractivity contribution >= 4 is 5.91 Å². The summed E-state index contributed by atoms with van der Waals surface area (Å²) >= 11 is 0. The first-order valence-electron chi connectivity index (χ1n) is 10.9. The van der Waals surface area contributed by atoms with E-state index in [0.717, 1.165) is 41.6 Å². The van der Waals surface area contributed by atoms with Crippen LogP contribution in [0, 0.1) is 6.92 Å². The molecule has 1 aromatic heterocycles. The summed E-state index contributed by atoms with van der Waals surface area (Å²) in [5, 5.41) is 7.53. The van der Waals surface area contributed by atoms with Gasteiger partial charge in [0.2, 0.25) is 5.91 Å². The highest BCUT2D eigenvalue weighted by molar-refractivity contribution is 5.78. The lowest BCUT2D eigenvalue weighted by Gasteiger charge is -2.35. The van der Waals surface area contributed by atoms with Crippen LogP contribution in [0.2, 0.25) is 0 Å². The highest BCUT2D eigenvalue weighted by Gasteiger charge is 2.23. The van der Waals surface area contributed by atoms with Crippen LogP contribution in [0.1, 0.15) is 50.2 Å². The van der Waals surface area contributed by atoms with Crippen molar-refractivity contribution in [1.82, 2.24) is 20.0 Å². The van der Waals surface area contributed by atoms with E-state index in [2.05, 4.69) is 35.2 Å². The zero-order valence-corrected chi connectivity index (χ0v) is 17.6. The number of nitrogens with zero attached hydrogens (tertiary/aromatic N) is 3. The minimum absolute atomic E-state index is 0.0160. The second-order valence-corrected chi connectivity index (χ2v) is 8.26. The molecule has 156 valence electrons.